The quantitative estimate of drug-likeness (QED) is 0.790. The summed E-state index contributed by atoms with van der Waals surface area (Å²) in [5.41, 5.74) is 1.01. The molecule has 0 saturated heterocycles. The molecule has 1 atom stereocenters. The number of hydrogen-bond donors (Lipinski definition) is 1. The largest absolute Gasteiger partial charge is 0.336 e. The number of aromatic nitrogens is 4. The number of nitrogens with zero attached hydrogens (tertiary/aromatic N) is 4. The van der Waals surface area contributed by atoms with Crippen LogP contribution in [0, 0.1) is 0 Å². The van der Waals surface area contributed by atoms with Gasteiger partial charge >= 0.3 is 0 Å². The van der Waals surface area contributed by atoms with Gasteiger partial charge in [-0.1, -0.05) is 0 Å². The molecule has 0 aliphatic rings. The van der Waals surface area contributed by atoms with Crippen molar-refractivity contribution in [2.45, 2.75) is 6.04 Å². The Morgan fingerprint density at radius 2 is 2.07 bits per heavy atom. The van der Waals surface area contributed by atoms with E-state index in [0.29, 0.717) is 0 Å². The third-order valence-electron chi connectivity index (χ3n) is 2.32. The molecule has 0 aliphatic heterocycles. The minimum absolute atomic E-state index is 0.0335. The highest BCUT2D eigenvalue weighted by atomic mass is 15.1. The monoisotopic (exact) mass is 203 g/mol. The summed E-state index contributed by atoms with van der Waals surface area (Å²) in [6.45, 7) is 0. The van der Waals surface area contributed by atoms with Crippen LogP contribution in [0.15, 0.2) is 31.1 Å². The molecular weight excluding hydrogens is 190 g/mol. The Bertz CT molecular complexity index is 422. The summed E-state index contributed by atoms with van der Waals surface area (Å²) in [4.78, 5) is 12.3. The molecule has 2 rings (SSSR count). The third kappa shape index (κ3) is 1.87. The molecule has 5 nitrogen and oxygen atoms in total. The maximum atomic E-state index is 4.31. The molecule has 2 heterocycles. The highest BCUT2D eigenvalue weighted by Gasteiger charge is 2.16. The standard InChI is InChI=1S/C10H13N5/c1-11-9(8-5-12-7-13-6-8)10-14-3-4-15(10)2/h3-7,9,11H,1-2H3. The molecule has 0 fully saturated rings. The first kappa shape index (κ1) is 9.79. The molecule has 1 N–H and O–H groups in total. The van der Waals surface area contributed by atoms with E-state index in [-0.39, 0.29) is 6.04 Å². The van der Waals surface area contributed by atoms with Gasteiger partial charge in [-0.15, -0.1) is 0 Å². The molecule has 0 saturated carbocycles. The molecule has 0 amide bonds. The van der Waals surface area contributed by atoms with Gasteiger partial charge in [0.1, 0.15) is 12.2 Å². The minimum atomic E-state index is 0.0335. The highest BCUT2D eigenvalue weighted by Crippen LogP contribution is 2.17. The van der Waals surface area contributed by atoms with Gasteiger partial charge < -0.3 is 9.88 Å². The molecule has 2 aromatic rings. The number of rotatable bonds is 3. The van der Waals surface area contributed by atoms with Crippen LogP contribution in [0.3, 0.4) is 0 Å². The van der Waals surface area contributed by atoms with Crippen molar-refractivity contribution in [1.82, 2.24) is 24.8 Å². The van der Waals surface area contributed by atoms with Crippen LogP contribution in [0.4, 0.5) is 0 Å². The topological polar surface area (TPSA) is 55.6 Å². The van der Waals surface area contributed by atoms with E-state index in [0.717, 1.165) is 11.4 Å². The highest BCUT2D eigenvalue weighted by molar-refractivity contribution is 5.19. The predicted octanol–water partition coefficient (Wildman–Crippen LogP) is 0.519. The van der Waals surface area contributed by atoms with Crippen molar-refractivity contribution in [3.8, 4) is 0 Å². The molecular formula is C10H13N5. The second-order valence-electron chi connectivity index (χ2n) is 3.29. The van der Waals surface area contributed by atoms with Gasteiger partial charge in [0.2, 0.25) is 0 Å². The van der Waals surface area contributed by atoms with E-state index in [4.69, 9.17) is 0 Å². The maximum Gasteiger partial charge on any atom is 0.130 e. The van der Waals surface area contributed by atoms with Crippen LogP contribution >= 0.6 is 0 Å². The molecule has 0 spiro atoms. The predicted molar refractivity (Wildman–Crippen MR) is 56.1 cm³/mol. The number of imidazole rings is 1. The third-order valence-corrected chi connectivity index (χ3v) is 2.32. The van der Waals surface area contributed by atoms with E-state index in [1.54, 1.807) is 18.6 Å². The second-order valence-corrected chi connectivity index (χ2v) is 3.29. The van der Waals surface area contributed by atoms with E-state index < -0.39 is 0 Å². The lowest BCUT2D eigenvalue weighted by Crippen LogP contribution is -2.21. The Morgan fingerprint density at radius 3 is 2.60 bits per heavy atom. The molecule has 1 unspecified atom stereocenters. The zero-order valence-corrected chi connectivity index (χ0v) is 8.75. The van der Waals surface area contributed by atoms with Crippen molar-refractivity contribution in [3.05, 3.63) is 42.5 Å². The maximum absolute atomic E-state index is 4.31. The second kappa shape index (κ2) is 4.18. The SMILES string of the molecule is CNC(c1cncnc1)c1nccn1C. The van der Waals surface area contributed by atoms with Crippen molar-refractivity contribution in [3.63, 3.8) is 0 Å². The van der Waals surface area contributed by atoms with Crippen molar-refractivity contribution < 1.29 is 0 Å². The van der Waals surface area contributed by atoms with Crippen LogP contribution in [-0.4, -0.2) is 26.6 Å². The zero-order chi connectivity index (χ0) is 10.7. The number of aryl methyl sites for hydroxylation is 1. The van der Waals surface area contributed by atoms with Crippen molar-refractivity contribution in [2.24, 2.45) is 7.05 Å². The first-order chi connectivity index (χ1) is 7.33. The smallest absolute Gasteiger partial charge is 0.130 e. The molecule has 15 heavy (non-hydrogen) atoms. The van der Waals surface area contributed by atoms with E-state index in [2.05, 4.69) is 20.3 Å². The number of nitrogens with one attached hydrogen (secondary N) is 1. The Kier molecular flexibility index (Phi) is 2.73. The van der Waals surface area contributed by atoms with Crippen LogP contribution in [-0.2, 0) is 7.05 Å². The number of hydrogen-bond acceptors (Lipinski definition) is 4. The summed E-state index contributed by atoms with van der Waals surface area (Å²) in [5, 5.41) is 3.20. The summed E-state index contributed by atoms with van der Waals surface area (Å²) >= 11 is 0. The molecule has 5 heteroatoms. The first-order valence-electron chi connectivity index (χ1n) is 4.72. The van der Waals surface area contributed by atoms with Crippen molar-refractivity contribution in [1.29, 1.82) is 0 Å². The van der Waals surface area contributed by atoms with Crippen LogP contribution < -0.4 is 5.32 Å². The average Bonchev–Trinajstić information content (AvgIpc) is 2.68. The lowest BCUT2D eigenvalue weighted by atomic mass is 10.1. The van der Waals surface area contributed by atoms with Gasteiger partial charge in [0.15, 0.2) is 0 Å². The Balaban J connectivity index is 2.37. The Morgan fingerprint density at radius 1 is 1.33 bits per heavy atom. The van der Waals surface area contributed by atoms with Crippen molar-refractivity contribution >= 4 is 0 Å². The first-order valence-corrected chi connectivity index (χ1v) is 4.72. The molecule has 0 radical (unpaired) electrons. The fourth-order valence-electron chi connectivity index (χ4n) is 1.56. The fraction of sp³-hybridized carbons (Fsp3) is 0.300. The minimum Gasteiger partial charge on any atom is -0.336 e. The Hall–Kier alpha value is -1.75. The van der Waals surface area contributed by atoms with E-state index in [9.17, 15) is 0 Å². The van der Waals surface area contributed by atoms with Crippen molar-refractivity contribution in [2.75, 3.05) is 7.05 Å². The lowest BCUT2D eigenvalue weighted by Gasteiger charge is -2.15. The molecule has 0 aliphatic carbocycles. The normalized spacial score (nSPS) is 12.7. The van der Waals surface area contributed by atoms with Crippen LogP contribution in [0.5, 0.6) is 0 Å². The average molecular weight is 203 g/mol. The lowest BCUT2D eigenvalue weighted by molar-refractivity contribution is 0.613. The zero-order valence-electron chi connectivity index (χ0n) is 8.75. The summed E-state index contributed by atoms with van der Waals surface area (Å²) in [6, 6.07) is 0.0335. The van der Waals surface area contributed by atoms with Gasteiger partial charge in [-0.25, -0.2) is 15.0 Å². The van der Waals surface area contributed by atoms with Crippen LogP contribution in [0.1, 0.15) is 17.4 Å². The van der Waals surface area contributed by atoms with Crippen LogP contribution in [0.25, 0.3) is 0 Å². The summed E-state index contributed by atoms with van der Waals surface area (Å²) in [6.07, 6.45) is 8.81. The Labute approximate surface area is 88.2 Å². The fourth-order valence-corrected chi connectivity index (χ4v) is 1.56. The van der Waals surface area contributed by atoms with E-state index in [1.165, 1.54) is 6.33 Å². The molecule has 78 valence electrons. The summed E-state index contributed by atoms with van der Waals surface area (Å²) in [7, 11) is 3.86. The molecule has 0 aromatic carbocycles. The molecule has 2 aromatic heterocycles. The van der Waals surface area contributed by atoms with E-state index >= 15 is 0 Å². The van der Waals surface area contributed by atoms with E-state index in [1.807, 2.05) is 24.9 Å². The summed E-state index contributed by atoms with van der Waals surface area (Å²) < 4.78 is 1.98. The molecule has 0 bridgehead atoms. The van der Waals surface area contributed by atoms with Gasteiger partial charge in [-0.05, 0) is 7.05 Å². The van der Waals surface area contributed by atoms with Gasteiger partial charge in [0.25, 0.3) is 0 Å². The van der Waals surface area contributed by atoms with Gasteiger partial charge in [-0.2, -0.15) is 0 Å². The van der Waals surface area contributed by atoms with Gasteiger partial charge in [0, 0.05) is 37.4 Å². The van der Waals surface area contributed by atoms with Gasteiger partial charge in [0.05, 0.1) is 6.04 Å². The van der Waals surface area contributed by atoms with Gasteiger partial charge in [-0.3, -0.25) is 0 Å². The summed E-state index contributed by atoms with van der Waals surface area (Å²) in [5.74, 6) is 0.951. The van der Waals surface area contributed by atoms with Crippen LogP contribution in [0.2, 0.25) is 0 Å².